The minimum Gasteiger partial charge on any atom is -0.355 e. The Balaban J connectivity index is 1.41. The smallest absolute Gasteiger partial charge is 0.0464 e. The molecular formula is C25H17BN-. The Kier molecular flexibility index (Phi) is 3.09. The highest BCUT2D eigenvalue weighted by molar-refractivity contribution is 6.67. The van der Waals surface area contributed by atoms with Crippen molar-refractivity contribution in [3.63, 3.8) is 0 Å². The lowest BCUT2D eigenvalue weighted by Gasteiger charge is -2.19. The molecule has 0 spiro atoms. The van der Waals surface area contributed by atoms with E-state index in [9.17, 15) is 0 Å². The van der Waals surface area contributed by atoms with E-state index < -0.39 is 0 Å². The predicted octanol–water partition coefficient (Wildman–Crippen LogP) is 4.55. The molecule has 0 fully saturated rings. The monoisotopic (exact) mass is 342 g/mol. The zero-order valence-corrected chi connectivity index (χ0v) is 14.9. The summed E-state index contributed by atoms with van der Waals surface area (Å²) in [5.74, 6) is 0. The highest BCUT2D eigenvalue weighted by Crippen LogP contribution is 2.35. The zero-order valence-electron chi connectivity index (χ0n) is 14.9. The number of fused-ring (bicyclic) bond motifs is 6. The number of H-pyrrole nitrogens is 1. The molecule has 1 aliphatic carbocycles. The van der Waals surface area contributed by atoms with Gasteiger partial charge >= 0.3 is 0 Å². The quantitative estimate of drug-likeness (QED) is 0.445. The Morgan fingerprint density at radius 1 is 0.593 bits per heavy atom. The van der Waals surface area contributed by atoms with Crippen molar-refractivity contribution in [1.29, 1.82) is 0 Å². The van der Waals surface area contributed by atoms with E-state index in [0.717, 1.165) is 6.42 Å². The fourth-order valence-electron chi connectivity index (χ4n) is 4.38. The van der Waals surface area contributed by atoms with Gasteiger partial charge in [-0.1, -0.05) is 60.7 Å². The van der Waals surface area contributed by atoms with Gasteiger partial charge in [-0.2, -0.15) is 0 Å². The SMILES string of the molecule is [B-](c1ccc2c(c1)-c1ccccc1C2)c1ccc2[nH]c3ccccc3c2c1. The molecule has 27 heavy (non-hydrogen) atoms. The van der Waals surface area contributed by atoms with E-state index >= 15 is 0 Å². The standard InChI is InChI=1S/C25H17BN/c1-2-6-20-16(5-1)13-17-9-10-18(14-22(17)20)26-19-11-12-25-23(15-19)21-7-3-4-8-24(21)27-25/h1-12,14-15,27H,13H2/q-1. The fraction of sp³-hybridized carbons (Fsp3) is 0.0400. The first kappa shape index (κ1) is 14.9. The fourth-order valence-corrected chi connectivity index (χ4v) is 4.38. The van der Waals surface area contributed by atoms with Gasteiger partial charge in [-0.05, 0) is 40.8 Å². The van der Waals surface area contributed by atoms with Crippen LogP contribution >= 0.6 is 0 Å². The van der Waals surface area contributed by atoms with Crippen LogP contribution in [0, 0.1) is 0 Å². The van der Waals surface area contributed by atoms with Crippen LogP contribution in [0.1, 0.15) is 11.1 Å². The summed E-state index contributed by atoms with van der Waals surface area (Å²) in [5.41, 5.74) is 10.5. The maximum absolute atomic E-state index is 3.50. The Bertz CT molecular complexity index is 1330. The third-order valence-electron chi connectivity index (χ3n) is 5.69. The van der Waals surface area contributed by atoms with Gasteiger partial charge in [-0.15, -0.1) is 12.1 Å². The van der Waals surface area contributed by atoms with Gasteiger partial charge in [0.2, 0.25) is 0 Å². The number of nitrogens with one attached hydrogen (secondary N) is 1. The van der Waals surface area contributed by atoms with E-state index in [1.807, 2.05) is 0 Å². The second-order valence-corrected chi connectivity index (χ2v) is 7.37. The molecule has 1 N–H and O–H groups in total. The summed E-state index contributed by atoms with van der Waals surface area (Å²) in [4.78, 5) is 3.50. The summed E-state index contributed by atoms with van der Waals surface area (Å²) < 4.78 is 0. The molecule has 2 heteroatoms. The lowest BCUT2D eigenvalue weighted by atomic mass is 9.63. The van der Waals surface area contributed by atoms with Gasteiger partial charge in [-0.25, -0.2) is 0 Å². The van der Waals surface area contributed by atoms with E-state index in [0.29, 0.717) is 0 Å². The second-order valence-electron chi connectivity index (χ2n) is 7.37. The van der Waals surface area contributed by atoms with Crippen molar-refractivity contribution < 1.29 is 0 Å². The first-order valence-corrected chi connectivity index (χ1v) is 9.42. The Hall–Kier alpha value is -3.26. The molecule has 0 aliphatic heterocycles. The molecule has 5 aromatic rings. The first-order valence-electron chi connectivity index (χ1n) is 9.42. The van der Waals surface area contributed by atoms with Gasteiger partial charge in [-0.3, -0.25) is 18.2 Å². The molecule has 0 saturated heterocycles. The van der Waals surface area contributed by atoms with E-state index in [4.69, 9.17) is 0 Å². The molecule has 0 atom stereocenters. The van der Waals surface area contributed by atoms with Crippen molar-refractivity contribution >= 4 is 40.0 Å². The van der Waals surface area contributed by atoms with Gasteiger partial charge in [0.25, 0.3) is 0 Å². The lowest BCUT2D eigenvalue weighted by Crippen LogP contribution is -2.26. The third-order valence-corrected chi connectivity index (χ3v) is 5.69. The number of aromatic nitrogens is 1. The van der Waals surface area contributed by atoms with E-state index in [1.54, 1.807) is 0 Å². The van der Waals surface area contributed by atoms with Gasteiger partial charge in [0.1, 0.15) is 0 Å². The minimum atomic E-state index is 1.05. The molecule has 1 nitrogen and oxygen atoms in total. The van der Waals surface area contributed by atoms with Crippen LogP contribution in [0.5, 0.6) is 0 Å². The molecule has 2 radical (unpaired) electrons. The number of para-hydroxylation sites is 1. The average Bonchev–Trinajstić information content (AvgIpc) is 3.26. The van der Waals surface area contributed by atoms with Crippen molar-refractivity contribution in [1.82, 2.24) is 4.98 Å². The molecule has 1 aliphatic rings. The Morgan fingerprint density at radius 2 is 1.33 bits per heavy atom. The Morgan fingerprint density at radius 3 is 2.33 bits per heavy atom. The highest BCUT2D eigenvalue weighted by atomic mass is 14.7. The summed E-state index contributed by atoms with van der Waals surface area (Å²) in [5, 5.41) is 2.57. The minimum absolute atomic E-state index is 1.05. The highest BCUT2D eigenvalue weighted by Gasteiger charge is 2.16. The zero-order chi connectivity index (χ0) is 17.8. The maximum atomic E-state index is 3.50. The number of aromatic amines is 1. The summed E-state index contributed by atoms with van der Waals surface area (Å²) in [6.45, 7) is 0. The van der Waals surface area contributed by atoms with Gasteiger partial charge in [0.05, 0.1) is 0 Å². The number of rotatable bonds is 2. The molecule has 126 valence electrons. The number of hydrogen-bond donors (Lipinski definition) is 1. The van der Waals surface area contributed by atoms with Crippen LogP contribution in [0.2, 0.25) is 0 Å². The van der Waals surface area contributed by atoms with Crippen molar-refractivity contribution in [3.8, 4) is 11.1 Å². The molecule has 4 aromatic carbocycles. The molecule has 1 heterocycles. The Labute approximate surface area is 158 Å². The van der Waals surface area contributed by atoms with Crippen LogP contribution < -0.4 is 10.9 Å². The number of hydrogen-bond acceptors (Lipinski definition) is 0. The van der Waals surface area contributed by atoms with E-state index in [-0.39, 0.29) is 0 Å². The largest absolute Gasteiger partial charge is 0.355 e. The van der Waals surface area contributed by atoms with Crippen molar-refractivity contribution in [2.75, 3.05) is 0 Å². The topological polar surface area (TPSA) is 15.8 Å². The number of benzene rings is 4. The van der Waals surface area contributed by atoms with Gasteiger partial charge < -0.3 is 4.98 Å². The molecule has 0 bridgehead atoms. The maximum Gasteiger partial charge on any atom is 0.0464 e. The van der Waals surface area contributed by atoms with Crippen molar-refractivity contribution in [2.45, 2.75) is 6.42 Å². The molecule has 0 amide bonds. The van der Waals surface area contributed by atoms with Crippen molar-refractivity contribution in [2.24, 2.45) is 0 Å². The summed E-state index contributed by atoms with van der Waals surface area (Å²) in [6.07, 6.45) is 1.05. The van der Waals surface area contributed by atoms with E-state index in [1.165, 1.54) is 55.0 Å². The van der Waals surface area contributed by atoms with Gasteiger partial charge in [0.15, 0.2) is 0 Å². The van der Waals surface area contributed by atoms with Crippen LogP contribution in [-0.4, -0.2) is 12.3 Å². The second kappa shape index (κ2) is 5.62. The van der Waals surface area contributed by atoms with Crippen molar-refractivity contribution in [3.05, 3.63) is 96.1 Å². The van der Waals surface area contributed by atoms with Crippen LogP contribution in [0.4, 0.5) is 0 Å². The average molecular weight is 342 g/mol. The third kappa shape index (κ3) is 2.34. The first-order chi connectivity index (χ1) is 13.3. The lowest BCUT2D eigenvalue weighted by molar-refractivity contribution is 1.26. The molecule has 0 saturated carbocycles. The molecule has 1 aromatic heterocycles. The molecular weight excluding hydrogens is 325 g/mol. The van der Waals surface area contributed by atoms with Crippen LogP contribution in [0.25, 0.3) is 32.9 Å². The molecule has 0 unspecified atom stereocenters. The molecule has 6 rings (SSSR count). The predicted molar refractivity (Wildman–Crippen MR) is 116 cm³/mol. The van der Waals surface area contributed by atoms with Gasteiger partial charge in [0, 0.05) is 21.8 Å². The van der Waals surface area contributed by atoms with Crippen LogP contribution in [0.3, 0.4) is 0 Å². The van der Waals surface area contributed by atoms with E-state index in [2.05, 4.69) is 97.2 Å². The summed E-state index contributed by atoms with van der Waals surface area (Å²) in [6, 6.07) is 30.8. The summed E-state index contributed by atoms with van der Waals surface area (Å²) >= 11 is 0. The van der Waals surface area contributed by atoms with Crippen LogP contribution in [0.15, 0.2) is 84.9 Å². The summed E-state index contributed by atoms with van der Waals surface area (Å²) in [7, 11) is 2.28. The normalized spacial score (nSPS) is 12.4. The van der Waals surface area contributed by atoms with Crippen LogP contribution in [-0.2, 0) is 6.42 Å².